The van der Waals surface area contributed by atoms with Gasteiger partial charge in [-0.25, -0.2) is 4.98 Å². The lowest BCUT2D eigenvalue weighted by Gasteiger charge is -2.34. The summed E-state index contributed by atoms with van der Waals surface area (Å²) in [5.41, 5.74) is 7.19. The molecule has 1 fully saturated rings. The van der Waals surface area contributed by atoms with Crippen LogP contribution in [0.15, 0.2) is 24.3 Å². The molecule has 0 saturated carbocycles. The van der Waals surface area contributed by atoms with Crippen LogP contribution in [0.5, 0.6) is 0 Å². The van der Waals surface area contributed by atoms with E-state index >= 15 is 0 Å². The van der Waals surface area contributed by atoms with Crippen LogP contribution >= 0.6 is 23.7 Å². The van der Waals surface area contributed by atoms with E-state index in [2.05, 4.69) is 32.0 Å². The number of likely N-dealkylation sites (tertiary alicyclic amines) is 1. The summed E-state index contributed by atoms with van der Waals surface area (Å²) in [5, 5.41) is 1.21. The number of nitrogens with zero attached hydrogens (tertiary/aromatic N) is 2. The van der Waals surface area contributed by atoms with Crippen LogP contribution in [0.2, 0.25) is 0 Å². The number of hydrogen-bond donors (Lipinski definition) is 1. The zero-order valence-corrected chi connectivity index (χ0v) is 15.9. The number of para-hydroxylation sites is 1. The maximum Gasteiger partial charge on any atom is 0.239 e. The first-order chi connectivity index (χ1) is 11.1. The molecule has 3 rings (SSSR count). The molecule has 24 heavy (non-hydrogen) atoms. The van der Waals surface area contributed by atoms with Gasteiger partial charge in [0.2, 0.25) is 5.91 Å². The lowest BCUT2D eigenvalue weighted by molar-refractivity contribution is -0.134. The van der Waals surface area contributed by atoms with Crippen molar-refractivity contribution in [1.82, 2.24) is 9.88 Å². The quantitative estimate of drug-likeness (QED) is 0.894. The van der Waals surface area contributed by atoms with Crippen LogP contribution in [0, 0.1) is 5.92 Å². The van der Waals surface area contributed by atoms with Gasteiger partial charge in [-0.3, -0.25) is 4.79 Å². The van der Waals surface area contributed by atoms with E-state index in [4.69, 9.17) is 10.7 Å². The van der Waals surface area contributed by atoms with Gasteiger partial charge in [-0.1, -0.05) is 32.4 Å². The van der Waals surface area contributed by atoms with Crippen LogP contribution < -0.4 is 5.73 Å². The van der Waals surface area contributed by atoms with E-state index in [0.717, 1.165) is 37.9 Å². The maximum atomic E-state index is 12.5. The predicted molar refractivity (Wildman–Crippen MR) is 103 cm³/mol. The number of piperidine rings is 1. The Labute approximate surface area is 153 Å². The van der Waals surface area contributed by atoms with E-state index in [9.17, 15) is 4.79 Å². The fourth-order valence-electron chi connectivity index (χ4n) is 3.12. The van der Waals surface area contributed by atoms with Gasteiger partial charge < -0.3 is 10.6 Å². The molecule has 1 aromatic carbocycles. The van der Waals surface area contributed by atoms with Gasteiger partial charge in [0, 0.05) is 19.0 Å². The van der Waals surface area contributed by atoms with Gasteiger partial charge in [0.1, 0.15) is 0 Å². The minimum atomic E-state index is -0.362. The predicted octanol–water partition coefficient (Wildman–Crippen LogP) is 3.80. The van der Waals surface area contributed by atoms with Crippen molar-refractivity contribution < 1.29 is 4.79 Å². The lowest BCUT2D eigenvalue weighted by atomic mass is 9.94. The summed E-state index contributed by atoms with van der Waals surface area (Å²) in [5.74, 6) is 0.822. The van der Waals surface area contributed by atoms with Crippen molar-refractivity contribution in [1.29, 1.82) is 0 Å². The summed E-state index contributed by atoms with van der Waals surface area (Å²) in [4.78, 5) is 19.2. The molecule has 1 amide bonds. The largest absolute Gasteiger partial charge is 0.341 e. The molecule has 4 nitrogen and oxygen atoms in total. The van der Waals surface area contributed by atoms with Crippen molar-refractivity contribution in [2.75, 3.05) is 13.1 Å². The fourth-order valence-corrected chi connectivity index (χ4v) is 4.26. The second kappa shape index (κ2) is 8.28. The molecule has 2 heterocycles. The van der Waals surface area contributed by atoms with Crippen molar-refractivity contribution in [3.8, 4) is 0 Å². The summed E-state index contributed by atoms with van der Waals surface area (Å²) < 4.78 is 1.25. The van der Waals surface area contributed by atoms with Crippen LogP contribution in [-0.2, 0) is 4.79 Å². The first kappa shape index (κ1) is 19.2. The first-order valence-electron chi connectivity index (χ1n) is 8.50. The van der Waals surface area contributed by atoms with Crippen molar-refractivity contribution in [3.63, 3.8) is 0 Å². The van der Waals surface area contributed by atoms with E-state index in [-0.39, 0.29) is 30.3 Å². The average molecular weight is 368 g/mol. The van der Waals surface area contributed by atoms with Crippen molar-refractivity contribution in [3.05, 3.63) is 29.3 Å². The van der Waals surface area contributed by atoms with Crippen molar-refractivity contribution >= 4 is 39.9 Å². The highest BCUT2D eigenvalue weighted by molar-refractivity contribution is 7.18. The SMILES string of the molecule is CCC(C)C(N)C(=O)N1CCC(c2nc3ccccc3s2)CC1.Cl. The van der Waals surface area contributed by atoms with Gasteiger partial charge in [-0.05, 0) is 30.9 Å². The molecule has 1 aliphatic rings. The number of thiazole rings is 1. The van der Waals surface area contributed by atoms with E-state index < -0.39 is 0 Å². The highest BCUT2D eigenvalue weighted by Gasteiger charge is 2.30. The molecule has 6 heteroatoms. The number of benzene rings is 1. The third-order valence-electron chi connectivity index (χ3n) is 5.01. The third-order valence-corrected chi connectivity index (χ3v) is 6.21. The number of aromatic nitrogens is 1. The van der Waals surface area contributed by atoms with Crippen LogP contribution in [0.1, 0.15) is 44.0 Å². The van der Waals surface area contributed by atoms with Crippen LogP contribution in [0.25, 0.3) is 10.2 Å². The van der Waals surface area contributed by atoms with Gasteiger partial charge in [0.25, 0.3) is 0 Å². The topological polar surface area (TPSA) is 59.2 Å². The molecule has 1 saturated heterocycles. The molecule has 0 spiro atoms. The molecule has 0 aliphatic carbocycles. The maximum absolute atomic E-state index is 12.5. The molecular weight excluding hydrogens is 342 g/mol. The van der Waals surface area contributed by atoms with Gasteiger partial charge >= 0.3 is 0 Å². The summed E-state index contributed by atoms with van der Waals surface area (Å²) in [6.45, 7) is 5.72. The Bertz CT molecular complexity index is 649. The number of fused-ring (bicyclic) bond motifs is 1. The number of amides is 1. The Morgan fingerprint density at radius 3 is 2.67 bits per heavy atom. The third kappa shape index (κ3) is 3.90. The van der Waals surface area contributed by atoms with Crippen molar-refractivity contribution in [2.45, 2.75) is 45.1 Å². The number of carbonyl (C=O) groups is 1. The van der Waals surface area contributed by atoms with E-state index in [1.165, 1.54) is 9.71 Å². The number of nitrogens with two attached hydrogens (primary N) is 1. The Balaban J connectivity index is 0.00000208. The monoisotopic (exact) mass is 367 g/mol. The Morgan fingerprint density at radius 1 is 1.38 bits per heavy atom. The molecule has 2 N–H and O–H groups in total. The Hall–Kier alpha value is -1.17. The smallest absolute Gasteiger partial charge is 0.239 e. The molecule has 132 valence electrons. The fraction of sp³-hybridized carbons (Fsp3) is 0.556. The molecule has 1 aliphatic heterocycles. The van der Waals surface area contributed by atoms with Crippen LogP contribution in [-0.4, -0.2) is 34.9 Å². The van der Waals surface area contributed by atoms with Gasteiger partial charge in [0.05, 0.1) is 21.3 Å². The number of rotatable bonds is 4. The minimum absolute atomic E-state index is 0. The van der Waals surface area contributed by atoms with Gasteiger partial charge in [0.15, 0.2) is 0 Å². The minimum Gasteiger partial charge on any atom is -0.341 e. The van der Waals surface area contributed by atoms with E-state index in [1.54, 1.807) is 11.3 Å². The second-order valence-corrected chi connectivity index (χ2v) is 7.59. The zero-order valence-electron chi connectivity index (χ0n) is 14.3. The van der Waals surface area contributed by atoms with Gasteiger partial charge in [-0.15, -0.1) is 23.7 Å². The molecule has 1 aromatic heterocycles. The molecule has 2 aromatic rings. The van der Waals surface area contributed by atoms with Crippen LogP contribution in [0.3, 0.4) is 0 Å². The Kier molecular flexibility index (Phi) is 6.61. The second-order valence-electron chi connectivity index (χ2n) is 6.53. The Morgan fingerprint density at radius 2 is 2.04 bits per heavy atom. The van der Waals surface area contributed by atoms with Gasteiger partial charge in [-0.2, -0.15) is 0 Å². The van der Waals surface area contributed by atoms with E-state index in [1.807, 2.05) is 11.0 Å². The molecule has 0 radical (unpaired) electrons. The van der Waals surface area contributed by atoms with Crippen LogP contribution in [0.4, 0.5) is 0 Å². The lowest BCUT2D eigenvalue weighted by Crippen LogP contribution is -2.49. The number of halogens is 1. The average Bonchev–Trinajstić information content (AvgIpc) is 3.04. The number of hydrogen-bond acceptors (Lipinski definition) is 4. The first-order valence-corrected chi connectivity index (χ1v) is 9.31. The summed E-state index contributed by atoms with van der Waals surface area (Å²) in [6.07, 6.45) is 2.91. The summed E-state index contributed by atoms with van der Waals surface area (Å²) >= 11 is 1.79. The molecule has 0 bridgehead atoms. The van der Waals surface area contributed by atoms with E-state index in [0.29, 0.717) is 5.92 Å². The molecular formula is C18H26ClN3OS. The highest BCUT2D eigenvalue weighted by atomic mass is 35.5. The summed E-state index contributed by atoms with van der Waals surface area (Å²) in [7, 11) is 0. The number of carbonyl (C=O) groups excluding carboxylic acids is 1. The highest BCUT2D eigenvalue weighted by Crippen LogP contribution is 2.34. The van der Waals surface area contributed by atoms with Crippen molar-refractivity contribution in [2.24, 2.45) is 11.7 Å². The zero-order chi connectivity index (χ0) is 16.4. The summed E-state index contributed by atoms with van der Waals surface area (Å²) in [6, 6.07) is 7.92. The normalized spacial score (nSPS) is 18.2. The standard InChI is InChI=1S/C18H25N3OS.ClH/c1-3-12(2)16(19)18(22)21-10-8-13(9-11-21)17-20-14-6-4-5-7-15(14)23-17;/h4-7,12-13,16H,3,8-11,19H2,1-2H3;1H. The molecule has 2 unspecified atom stereocenters. The molecule has 2 atom stereocenters.